The van der Waals surface area contributed by atoms with Crippen LogP contribution in [-0.2, 0) is 10.0 Å². The number of sulfonamides is 1. The van der Waals surface area contributed by atoms with E-state index >= 15 is 0 Å². The van der Waals surface area contributed by atoms with Crippen molar-refractivity contribution in [3.8, 4) is 0 Å². The van der Waals surface area contributed by atoms with E-state index in [1.807, 2.05) is 24.3 Å². The number of hydrogen-bond donors (Lipinski definition) is 1. The maximum Gasteiger partial charge on any atom is 0.235 e. The van der Waals surface area contributed by atoms with Gasteiger partial charge in [0.25, 0.3) is 0 Å². The first-order chi connectivity index (χ1) is 11.6. The third kappa shape index (κ3) is 3.00. The van der Waals surface area contributed by atoms with Crippen molar-refractivity contribution in [3.05, 3.63) is 60.2 Å². The first kappa shape index (κ1) is 15.5. The maximum atomic E-state index is 12.1. The van der Waals surface area contributed by atoms with Crippen LogP contribution in [0.4, 0.5) is 11.4 Å². The molecular weight excluding hydrogens is 320 g/mol. The van der Waals surface area contributed by atoms with Gasteiger partial charge in [0.05, 0.1) is 11.4 Å². The van der Waals surface area contributed by atoms with Gasteiger partial charge >= 0.3 is 0 Å². The van der Waals surface area contributed by atoms with Crippen LogP contribution in [0.25, 0.3) is 0 Å². The van der Waals surface area contributed by atoms with E-state index in [1.54, 1.807) is 0 Å². The summed E-state index contributed by atoms with van der Waals surface area (Å²) in [4.78, 5) is 0. The molecule has 0 atom stereocenters. The Labute approximate surface area is 143 Å². The maximum absolute atomic E-state index is 12.1. The van der Waals surface area contributed by atoms with Gasteiger partial charge in [-0.1, -0.05) is 36.4 Å². The Kier molecular flexibility index (Phi) is 3.96. The zero-order chi connectivity index (χ0) is 16.6. The molecule has 4 rings (SSSR count). The minimum atomic E-state index is -3.12. The second-order valence-corrected chi connectivity index (χ2v) is 8.73. The zero-order valence-corrected chi connectivity index (χ0v) is 14.4. The quantitative estimate of drug-likeness (QED) is 0.924. The predicted octanol–water partition coefficient (Wildman–Crippen LogP) is 3.58. The van der Waals surface area contributed by atoms with Gasteiger partial charge in [-0.3, -0.25) is 4.31 Å². The molecule has 0 amide bonds. The van der Waals surface area contributed by atoms with Crippen LogP contribution in [0.2, 0.25) is 0 Å². The molecule has 24 heavy (non-hydrogen) atoms. The molecule has 1 aliphatic carbocycles. The summed E-state index contributed by atoms with van der Waals surface area (Å²) in [6.45, 7) is 0.589. The van der Waals surface area contributed by atoms with Crippen LogP contribution >= 0.6 is 0 Å². The van der Waals surface area contributed by atoms with Gasteiger partial charge in [-0.25, -0.2) is 8.42 Å². The Morgan fingerprint density at radius 3 is 2.50 bits per heavy atom. The third-order valence-electron chi connectivity index (χ3n) is 5.01. The highest BCUT2D eigenvalue weighted by atomic mass is 32.2. The second kappa shape index (κ2) is 6.13. The van der Waals surface area contributed by atoms with Crippen LogP contribution in [0.3, 0.4) is 0 Å². The molecule has 1 aliphatic heterocycles. The molecule has 0 radical (unpaired) electrons. The molecule has 0 bridgehead atoms. The molecule has 1 saturated carbocycles. The normalized spacial score (nSPS) is 25.2. The van der Waals surface area contributed by atoms with Gasteiger partial charge < -0.3 is 5.32 Å². The van der Waals surface area contributed by atoms with Crippen LogP contribution in [0, 0.1) is 0 Å². The van der Waals surface area contributed by atoms with Crippen LogP contribution < -0.4 is 9.62 Å². The lowest BCUT2D eigenvalue weighted by Gasteiger charge is -2.37. The molecule has 1 saturated heterocycles. The summed E-state index contributed by atoms with van der Waals surface area (Å²) in [5.74, 6) is 0.886. The lowest BCUT2D eigenvalue weighted by atomic mass is 9.76. The fourth-order valence-corrected chi connectivity index (χ4v) is 5.21. The number of anilines is 2. The molecule has 0 spiro atoms. The van der Waals surface area contributed by atoms with Crippen molar-refractivity contribution >= 4 is 21.4 Å². The summed E-state index contributed by atoms with van der Waals surface area (Å²) in [6, 6.07) is 18.9. The summed E-state index contributed by atoms with van der Waals surface area (Å²) in [5.41, 5.74) is 3.19. The molecule has 126 valence electrons. The van der Waals surface area contributed by atoms with E-state index in [-0.39, 0.29) is 5.75 Å². The topological polar surface area (TPSA) is 49.4 Å². The van der Waals surface area contributed by atoms with E-state index in [0.29, 0.717) is 24.9 Å². The molecule has 5 heteroatoms. The summed E-state index contributed by atoms with van der Waals surface area (Å²) >= 11 is 0. The van der Waals surface area contributed by atoms with E-state index in [4.69, 9.17) is 0 Å². The minimum absolute atomic E-state index is 0.256. The highest BCUT2D eigenvalue weighted by Crippen LogP contribution is 2.38. The molecule has 1 N–H and O–H groups in total. The zero-order valence-electron chi connectivity index (χ0n) is 13.6. The molecule has 0 unspecified atom stereocenters. The summed E-state index contributed by atoms with van der Waals surface area (Å²) in [6.07, 6.45) is 2.95. The van der Waals surface area contributed by atoms with E-state index in [1.165, 1.54) is 9.87 Å². The summed E-state index contributed by atoms with van der Waals surface area (Å²) in [5, 5.41) is 3.55. The molecule has 4 nitrogen and oxygen atoms in total. The van der Waals surface area contributed by atoms with Gasteiger partial charge in [-0.2, -0.15) is 0 Å². The van der Waals surface area contributed by atoms with Crippen molar-refractivity contribution in [3.63, 3.8) is 0 Å². The van der Waals surface area contributed by atoms with E-state index in [9.17, 15) is 8.42 Å². The molecule has 2 aromatic carbocycles. The molecule has 2 aromatic rings. The fourth-order valence-electron chi connectivity index (χ4n) is 3.65. The van der Waals surface area contributed by atoms with E-state index in [0.717, 1.165) is 24.2 Å². The lowest BCUT2D eigenvalue weighted by Crippen LogP contribution is -2.34. The van der Waals surface area contributed by atoms with Crippen molar-refractivity contribution in [1.82, 2.24) is 0 Å². The Morgan fingerprint density at radius 1 is 1.00 bits per heavy atom. The van der Waals surface area contributed by atoms with Gasteiger partial charge in [0.15, 0.2) is 0 Å². The highest BCUT2D eigenvalue weighted by Gasteiger charge is 2.31. The van der Waals surface area contributed by atoms with Crippen molar-refractivity contribution in [2.75, 3.05) is 21.9 Å². The third-order valence-corrected chi connectivity index (χ3v) is 6.88. The first-order valence-corrected chi connectivity index (χ1v) is 10.1. The van der Waals surface area contributed by atoms with Gasteiger partial charge in [0.2, 0.25) is 10.0 Å². The number of hydrogen-bond acceptors (Lipinski definition) is 3. The van der Waals surface area contributed by atoms with Crippen molar-refractivity contribution in [2.45, 2.75) is 31.2 Å². The minimum Gasteiger partial charge on any atom is -0.382 e. The van der Waals surface area contributed by atoms with Gasteiger partial charge in [0, 0.05) is 18.3 Å². The Morgan fingerprint density at radius 2 is 1.79 bits per heavy atom. The van der Waals surface area contributed by atoms with Crippen LogP contribution in [0.5, 0.6) is 0 Å². The molecule has 0 aromatic heterocycles. The molecule has 1 heterocycles. The highest BCUT2D eigenvalue weighted by molar-refractivity contribution is 7.93. The standard InChI is InChI=1S/C19H22N2O2S/c22-24(23)11-5-10-21(24)19-9-4-8-17(14-19)20-18-12-16(13-18)15-6-2-1-3-7-15/h1-4,6-9,14,16,18,20H,5,10-13H2. The van der Waals surface area contributed by atoms with Crippen LogP contribution in [0.1, 0.15) is 30.7 Å². The Hall–Kier alpha value is -2.01. The number of nitrogens with zero attached hydrogens (tertiary/aromatic N) is 1. The Bertz CT molecular complexity index is 814. The second-order valence-electron chi connectivity index (χ2n) is 6.71. The number of rotatable bonds is 4. The van der Waals surface area contributed by atoms with Crippen molar-refractivity contribution in [1.29, 1.82) is 0 Å². The first-order valence-electron chi connectivity index (χ1n) is 8.54. The van der Waals surface area contributed by atoms with E-state index in [2.05, 4.69) is 35.6 Å². The smallest absolute Gasteiger partial charge is 0.235 e. The SMILES string of the molecule is O=S1(=O)CCCN1c1cccc(NC2CC(c3ccccc3)C2)c1. The van der Waals surface area contributed by atoms with Gasteiger partial charge in [-0.15, -0.1) is 0 Å². The number of benzene rings is 2. The predicted molar refractivity (Wildman–Crippen MR) is 98.0 cm³/mol. The largest absolute Gasteiger partial charge is 0.382 e. The fraction of sp³-hybridized carbons (Fsp3) is 0.368. The summed E-state index contributed by atoms with van der Waals surface area (Å²) < 4.78 is 25.7. The van der Waals surface area contributed by atoms with Gasteiger partial charge in [-0.05, 0) is 48.9 Å². The average Bonchev–Trinajstić information content (AvgIpc) is 2.91. The monoisotopic (exact) mass is 342 g/mol. The molecule has 2 aliphatic rings. The molecule has 2 fully saturated rings. The average molecular weight is 342 g/mol. The van der Waals surface area contributed by atoms with Crippen molar-refractivity contribution in [2.24, 2.45) is 0 Å². The Balaban J connectivity index is 1.41. The van der Waals surface area contributed by atoms with Gasteiger partial charge in [0.1, 0.15) is 0 Å². The lowest BCUT2D eigenvalue weighted by molar-refractivity contribution is 0.374. The van der Waals surface area contributed by atoms with Crippen LogP contribution in [0.15, 0.2) is 54.6 Å². The van der Waals surface area contributed by atoms with Crippen molar-refractivity contribution < 1.29 is 8.42 Å². The van der Waals surface area contributed by atoms with Crippen LogP contribution in [-0.4, -0.2) is 26.8 Å². The molecular formula is C19H22N2O2S. The number of nitrogens with one attached hydrogen (secondary N) is 1. The van der Waals surface area contributed by atoms with E-state index < -0.39 is 10.0 Å². The summed E-state index contributed by atoms with van der Waals surface area (Å²) in [7, 11) is -3.12.